The summed E-state index contributed by atoms with van der Waals surface area (Å²) in [6.45, 7) is 6.45. The van der Waals surface area contributed by atoms with Crippen LogP contribution in [0, 0.1) is 0 Å². The van der Waals surface area contributed by atoms with E-state index in [0.29, 0.717) is 6.54 Å². The highest BCUT2D eigenvalue weighted by molar-refractivity contribution is 8.03. The van der Waals surface area contributed by atoms with Gasteiger partial charge in [0.1, 0.15) is 0 Å². The SMILES string of the molecule is C/C=C\SC(C)(C)CN(C)F. The highest BCUT2D eigenvalue weighted by atomic mass is 32.2. The van der Waals surface area contributed by atoms with Gasteiger partial charge in [-0.3, -0.25) is 0 Å². The van der Waals surface area contributed by atoms with E-state index in [4.69, 9.17) is 0 Å². The smallest absolute Gasteiger partial charge is 0.0432 e. The van der Waals surface area contributed by atoms with Gasteiger partial charge in [0.15, 0.2) is 0 Å². The van der Waals surface area contributed by atoms with E-state index < -0.39 is 0 Å². The second-order valence-electron chi connectivity index (χ2n) is 3.11. The van der Waals surface area contributed by atoms with Crippen molar-refractivity contribution in [1.29, 1.82) is 0 Å². The zero-order valence-electron chi connectivity index (χ0n) is 7.60. The Labute approximate surface area is 72.6 Å². The van der Waals surface area contributed by atoms with E-state index in [-0.39, 0.29) is 4.75 Å². The topological polar surface area (TPSA) is 3.24 Å². The van der Waals surface area contributed by atoms with Crippen LogP contribution in [0.2, 0.25) is 0 Å². The molecule has 0 unspecified atom stereocenters. The molecule has 0 amide bonds. The summed E-state index contributed by atoms with van der Waals surface area (Å²) >= 11 is 1.64. The van der Waals surface area contributed by atoms with E-state index in [1.807, 2.05) is 32.3 Å². The summed E-state index contributed by atoms with van der Waals surface area (Å²) in [5.74, 6) is 0. The second-order valence-corrected chi connectivity index (χ2v) is 4.72. The summed E-state index contributed by atoms with van der Waals surface area (Å²) in [6, 6.07) is 0. The van der Waals surface area contributed by atoms with Gasteiger partial charge >= 0.3 is 0 Å². The van der Waals surface area contributed by atoms with Crippen LogP contribution in [0.1, 0.15) is 20.8 Å². The molecule has 0 aromatic heterocycles. The van der Waals surface area contributed by atoms with Gasteiger partial charge in [-0.05, 0) is 26.2 Å². The minimum atomic E-state index is -0.0456. The molecule has 0 spiro atoms. The molecule has 0 aromatic rings. The average Bonchev–Trinajstić information content (AvgIpc) is 1.81. The summed E-state index contributed by atoms with van der Waals surface area (Å²) < 4.78 is 12.4. The maximum Gasteiger partial charge on any atom is 0.0432 e. The van der Waals surface area contributed by atoms with E-state index in [2.05, 4.69) is 0 Å². The van der Waals surface area contributed by atoms with Gasteiger partial charge in [0.05, 0.1) is 0 Å². The van der Waals surface area contributed by atoms with Crippen LogP contribution in [0.25, 0.3) is 0 Å². The zero-order chi connectivity index (χ0) is 8.91. The fraction of sp³-hybridized carbons (Fsp3) is 0.750. The van der Waals surface area contributed by atoms with Crippen molar-refractivity contribution in [2.75, 3.05) is 13.6 Å². The van der Waals surface area contributed by atoms with Crippen LogP contribution in [0.15, 0.2) is 11.5 Å². The molecule has 0 aromatic carbocycles. The van der Waals surface area contributed by atoms with Crippen LogP contribution in [0.5, 0.6) is 0 Å². The third-order valence-electron chi connectivity index (χ3n) is 1.12. The molecule has 0 atom stereocenters. The first-order valence-electron chi connectivity index (χ1n) is 3.64. The minimum absolute atomic E-state index is 0.0456. The van der Waals surface area contributed by atoms with Crippen LogP contribution in [0.3, 0.4) is 0 Å². The molecule has 0 saturated carbocycles. The number of allylic oxidation sites excluding steroid dienone is 1. The lowest BCUT2D eigenvalue weighted by Crippen LogP contribution is -2.28. The number of halogens is 1. The van der Waals surface area contributed by atoms with Crippen molar-refractivity contribution in [2.24, 2.45) is 0 Å². The van der Waals surface area contributed by atoms with Gasteiger partial charge in [0, 0.05) is 18.3 Å². The van der Waals surface area contributed by atoms with Crippen LogP contribution in [0.4, 0.5) is 4.48 Å². The number of hydrogen-bond donors (Lipinski definition) is 0. The lowest BCUT2D eigenvalue weighted by Gasteiger charge is -2.23. The molecule has 0 rings (SSSR count). The third-order valence-corrected chi connectivity index (χ3v) is 2.30. The lowest BCUT2D eigenvalue weighted by molar-refractivity contribution is 0.0522. The molecule has 3 heteroatoms. The molecule has 66 valence electrons. The van der Waals surface area contributed by atoms with Crippen molar-refractivity contribution >= 4 is 11.8 Å². The highest BCUT2D eigenvalue weighted by Crippen LogP contribution is 2.25. The van der Waals surface area contributed by atoms with Crippen molar-refractivity contribution in [3.05, 3.63) is 11.5 Å². The molecule has 0 N–H and O–H groups in total. The van der Waals surface area contributed by atoms with E-state index >= 15 is 0 Å². The standard InChI is InChI=1S/C8H16FNS/c1-5-6-11-8(2,3)7-10(4)9/h5-6H,7H2,1-4H3/b6-5-. The molecular weight excluding hydrogens is 161 g/mol. The van der Waals surface area contributed by atoms with Gasteiger partial charge in [-0.25, -0.2) is 0 Å². The minimum Gasteiger partial charge on any atom is -0.148 e. The maximum atomic E-state index is 12.4. The van der Waals surface area contributed by atoms with Gasteiger partial charge in [-0.2, -0.15) is 0 Å². The summed E-state index contributed by atoms with van der Waals surface area (Å²) in [6.07, 6.45) is 1.96. The molecule has 11 heavy (non-hydrogen) atoms. The van der Waals surface area contributed by atoms with Gasteiger partial charge in [-0.1, -0.05) is 6.08 Å². The maximum absolute atomic E-state index is 12.4. The van der Waals surface area contributed by atoms with E-state index in [9.17, 15) is 4.48 Å². The quantitative estimate of drug-likeness (QED) is 0.607. The predicted octanol–water partition coefficient (Wildman–Crippen LogP) is 2.85. The van der Waals surface area contributed by atoms with Crippen molar-refractivity contribution in [2.45, 2.75) is 25.5 Å². The van der Waals surface area contributed by atoms with Crippen LogP contribution in [-0.2, 0) is 0 Å². The first-order chi connectivity index (χ1) is 4.98. The molecule has 0 fully saturated rings. The molecule has 0 aliphatic heterocycles. The number of hydrogen-bond acceptors (Lipinski definition) is 2. The molecule has 0 saturated heterocycles. The van der Waals surface area contributed by atoms with Crippen molar-refractivity contribution in [3.8, 4) is 0 Å². The number of thioether (sulfide) groups is 1. The van der Waals surface area contributed by atoms with Gasteiger partial charge in [0.2, 0.25) is 0 Å². The first kappa shape index (κ1) is 11.0. The molecule has 0 radical (unpaired) electrons. The number of rotatable bonds is 4. The summed E-state index contributed by atoms with van der Waals surface area (Å²) in [7, 11) is 1.44. The Morgan fingerprint density at radius 1 is 1.55 bits per heavy atom. The Kier molecular flexibility index (Phi) is 4.77. The van der Waals surface area contributed by atoms with Gasteiger partial charge in [-0.15, -0.1) is 21.4 Å². The predicted molar refractivity (Wildman–Crippen MR) is 50.2 cm³/mol. The van der Waals surface area contributed by atoms with Gasteiger partial charge < -0.3 is 0 Å². The summed E-state index contributed by atoms with van der Waals surface area (Å²) in [5, 5.41) is 2.71. The first-order valence-corrected chi connectivity index (χ1v) is 4.52. The Morgan fingerprint density at radius 2 is 2.09 bits per heavy atom. The third kappa shape index (κ3) is 6.38. The Hall–Kier alpha value is -0.0200. The van der Waals surface area contributed by atoms with Gasteiger partial charge in [0.25, 0.3) is 0 Å². The van der Waals surface area contributed by atoms with Crippen LogP contribution < -0.4 is 0 Å². The lowest BCUT2D eigenvalue weighted by atomic mass is 10.2. The molecule has 0 bridgehead atoms. The number of nitrogens with zero attached hydrogens (tertiary/aromatic N) is 1. The normalized spacial score (nSPS) is 13.3. The zero-order valence-corrected chi connectivity index (χ0v) is 8.41. The molecule has 0 aliphatic carbocycles. The Bertz CT molecular complexity index is 132. The van der Waals surface area contributed by atoms with Crippen molar-refractivity contribution < 1.29 is 4.48 Å². The van der Waals surface area contributed by atoms with E-state index in [1.54, 1.807) is 11.8 Å². The summed E-state index contributed by atoms with van der Waals surface area (Å²) in [5.41, 5.74) is 0. The van der Waals surface area contributed by atoms with Crippen LogP contribution >= 0.6 is 11.8 Å². The Balaban J connectivity index is 3.79. The van der Waals surface area contributed by atoms with Crippen LogP contribution in [-0.4, -0.2) is 23.5 Å². The molecular formula is C8H16FNS. The van der Waals surface area contributed by atoms with Crippen molar-refractivity contribution in [1.82, 2.24) is 5.12 Å². The molecule has 0 aliphatic rings. The average molecular weight is 177 g/mol. The van der Waals surface area contributed by atoms with E-state index in [0.717, 1.165) is 5.12 Å². The Morgan fingerprint density at radius 3 is 2.45 bits per heavy atom. The highest BCUT2D eigenvalue weighted by Gasteiger charge is 2.18. The fourth-order valence-corrected chi connectivity index (χ4v) is 1.57. The fourth-order valence-electron chi connectivity index (χ4n) is 0.814. The van der Waals surface area contributed by atoms with E-state index in [1.165, 1.54) is 7.05 Å². The largest absolute Gasteiger partial charge is 0.148 e. The van der Waals surface area contributed by atoms with Crippen molar-refractivity contribution in [3.63, 3.8) is 0 Å². The monoisotopic (exact) mass is 177 g/mol. The summed E-state index contributed by atoms with van der Waals surface area (Å²) in [4.78, 5) is 0. The molecule has 1 nitrogen and oxygen atoms in total. The second kappa shape index (κ2) is 4.78. The molecule has 0 heterocycles.